The van der Waals surface area contributed by atoms with Crippen LogP contribution in [0, 0.1) is 0 Å². The molecule has 0 radical (unpaired) electrons. The number of aryl methyl sites for hydroxylation is 1. The van der Waals surface area contributed by atoms with Crippen LogP contribution in [0.15, 0.2) is 12.4 Å². The molecule has 2 aromatic rings. The summed E-state index contributed by atoms with van der Waals surface area (Å²) in [4.78, 5) is 18.6. The lowest BCUT2D eigenvalue weighted by Gasteiger charge is -2.18. The van der Waals surface area contributed by atoms with Gasteiger partial charge in [0.25, 0.3) is 5.91 Å². The largest absolute Gasteiger partial charge is 0.495 e. The molecule has 2 rings (SSSR count). The van der Waals surface area contributed by atoms with E-state index in [2.05, 4.69) is 16.3 Å². The molecule has 0 aromatic carbocycles. The predicted octanol–water partition coefficient (Wildman–Crippen LogP) is 1.80. The summed E-state index contributed by atoms with van der Waals surface area (Å²) in [5, 5.41) is 4.91. The fourth-order valence-corrected chi connectivity index (χ4v) is 2.62. The molecule has 114 valence electrons. The molecule has 21 heavy (non-hydrogen) atoms. The Bertz CT molecular complexity index is 641. The number of carbonyl (C=O) groups excluding carboxylic acids is 1. The Morgan fingerprint density at radius 2 is 2.24 bits per heavy atom. The van der Waals surface area contributed by atoms with Crippen molar-refractivity contribution >= 4 is 28.7 Å². The van der Waals surface area contributed by atoms with Gasteiger partial charge in [0.15, 0.2) is 5.65 Å². The number of fused-ring (bicyclic) bond motifs is 1. The molecule has 2 heterocycles. The second-order valence-electron chi connectivity index (χ2n) is 4.78. The minimum Gasteiger partial charge on any atom is -0.495 e. The van der Waals surface area contributed by atoms with Crippen molar-refractivity contribution in [3.8, 4) is 5.75 Å². The lowest BCUT2D eigenvalue weighted by molar-refractivity contribution is 0.0792. The van der Waals surface area contributed by atoms with Crippen LogP contribution in [0.2, 0.25) is 0 Å². The highest BCUT2D eigenvalue weighted by Crippen LogP contribution is 2.28. The topological polar surface area (TPSA) is 60.2 Å². The van der Waals surface area contributed by atoms with Crippen LogP contribution in [0.4, 0.5) is 0 Å². The fraction of sp³-hybridized carbons (Fsp3) is 0.500. The summed E-state index contributed by atoms with van der Waals surface area (Å²) >= 11 is 1.78. The van der Waals surface area contributed by atoms with Crippen LogP contribution in [0.5, 0.6) is 5.75 Å². The van der Waals surface area contributed by atoms with E-state index in [1.807, 2.05) is 7.05 Å². The third kappa shape index (κ3) is 3.12. The second-order valence-corrected chi connectivity index (χ2v) is 5.77. The molecule has 0 saturated carbocycles. The van der Waals surface area contributed by atoms with Gasteiger partial charge in [-0.25, -0.2) is 4.98 Å². The van der Waals surface area contributed by atoms with Crippen molar-refractivity contribution in [1.82, 2.24) is 19.7 Å². The Morgan fingerprint density at radius 3 is 2.90 bits per heavy atom. The zero-order valence-electron chi connectivity index (χ0n) is 12.8. The van der Waals surface area contributed by atoms with E-state index in [1.165, 1.54) is 0 Å². The third-order valence-corrected chi connectivity index (χ3v) is 4.03. The summed E-state index contributed by atoms with van der Waals surface area (Å²) in [5.74, 6) is 1.50. The lowest BCUT2D eigenvalue weighted by atomic mass is 10.2. The summed E-state index contributed by atoms with van der Waals surface area (Å²) < 4.78 is 7.08. The SMILES string of the molecule is COc1c(C(=O)N(C)CCCSC)cnc2c1cnn2C. The first kappa shape index (κ1) is 15.6. The molecule has 0 saturated heterocycles. The maximum Gasteiger partial charge on any atom is 0.258 e. The number of carbonyl (C=O) groups is 1. The zero-order chi connectivity index (χ0) is 15.4. The molecule has 0 N–H and O–H groups in total. The average molecular weight is 308 g/mol. The number of nitrogens with zero attached hydrogens (tertiary/aromatic N) is 4. The maximum atomic E-state index is 12.5. The van der Waals surface area contributed by atoms with Crippen molar-refractivity contribution in [3.05, 3.63) is 18.0 Å². The van der Waals surface area contributed by atoms with Gasteiger partial charge in [0.2, 0.25) is 0 Å². The molecule has 2 aromatic heterocycles. The quantitative estimate of drug-likeness (QED) is 0.762. The summed E-state index contributed by atoms with van der Waals surface area (Å²) in [6.07, 6.45) is 6.27. The van der Waals surface area contributed by atoms with E-state index < -0.39 is 0 Å². The number of rotatable bonds is 6. The first-order chi connectivity index (χ1) is 10.1. The van der Waals surface area contributed by atoms with Crippen LogP contribution in [-0.4, -0.2) is 58.3 Å². The molecule has 0 aliphatic heterocycles. The van der Waals surface area contributed by atoms with E-state index in [4.69, 9.17) is 4.74 Å². The van der Waals surface area contributed by atoms with Gasteiger partial charge in [0.05, 0.1) is 18.7 Å². The second kappa shape index (κ2) is 6.80. The molecular formula is C14H20N4O2S. The summed E-state index contributed by atoms with van der Waals surface area (Å²) in [5.41, 5.74) is 1.18. The van der Waals surface area contributed by atoms with Gasteiger partial charge in [-0.15, -0.1) is 0 Å². The lowest BCUT2D eigenvalue weighted by Crippen LogP contribution is -2.28. The predicted molar refractivity (Wildman–Crippen MR) is 85.0 cm³/mol. The van der Waals surface area contributed by atoms with E-state index >= 15 is 0 Å². The van der Waals surface area contributed by atoms with Gasteiger partial charge >= 0.3 is 0 Å². The molecule has 6 nitrogen and oxygen atoms in total. The van der Waals surface area contributed by atoms with E-state index in [-0.39, 0.29) is 5.91 Å². The van der Waals surface area contributed by atoms with Crippen molar-refractivity contribution in [2.45, 2.75) is 6.42 Å². The van der Waals surface area contributed by atoms with Crippen LogP contribution in [-0.2, 0) is 7.05 Å². The molecule has 0 fully saturated rings. The molecule has 0 spiro atoms. The van der Waals surface area contributed by atoms with E-state index in [9.17, 15) is 4.79 Å². The van der Waals surface area contributed by atoms with E-state index in [1.54, 1.807) is 47.9 Å². The number of pyridine rings is 1. The van der Waals surface area contributed by atoms with Crippen molar-refractivity contribution in [2.24, 2.45) is 7.05 Å². The molecule has 0 unspecified atom stereocenters. The minimum atomic E-state index is -0.0776. The van der Waals surface area contributed by atoms with Crippen LogP contribution in [0.25, 0.3) is 11.0 Å². The van der Waals surface area contributed by atoms with Crippen molar-refractivity contribution in [1.29, 1.82) is 0 Å². The van der Waals surface area contributed by atoms with Crippen molar-refractivity contribution in [2.75, 3.05) is 32.7 Å². The van der Waals surface area contributed by atoms with E-state index in [0.717, 1.165) is 17.6 Å². The number of hydrogen-bond acceptors (Lipinski definition) is 5. The first-order valence-corrected chi connectivity index (χ1v) is 8.08. The highest BCUT2D eigenvalue weighted by Gasteiger charge is 2.20. The Balaban J connectivity index is 2.30. The number of hydrogen-bond donors (Lipinski definition) is 0. The number of amides is 1. The maximum absolute atomic E-state index is 12.5. The van der Waals surface area contributed by atoms with Gasteiger partial charge in [-0.1, -0.05) is 0 Å². The molecule has 7 heteroatoms. The monoisotopic (exact) mass is 308 g/mol. The van der Waals surface area contributed by atoms with Crippen molar-refractivity contribution < 1.29 is 9.53 Å². The summed E-state index contributed by atoms with van der Waals surface area (Å²) in [6.45, 7) is 0.716. The highest BCUT2D eigenvalue weighted by atomic mass is 32.2. The van der Waals surface area contributed by atoms with Gasteiger partial charge in [0.1, 0.15) is 11.3 Å². The van der Waals surface area contributed by atoms with Gasteiger partial charge in [0, 0.05) is 26.8 Å². The molecule has 0 atom stereocenters. The molecule has 0 bridgehead atoms. The number of thioether (sulfide) groups is 1. The highest BCUT2D eigenvalue weighted by molar-refractivity contribution is 7.98. The summed E-state index contributed by atoms with van der Waals surface area (Å²) in [7, 11) is 5.17. The van der Waals surface area contributed by atoms with E-state index in [0.29, 0.717) is 23.5 Å². The Hall–Kier alpha value is -1.76. The van der Waals surface area contributed by atoms with Gasteiger partial charge in [-0.05, 0) is 18.4 Å². The van der Waals surface area contributed by atoms with Crippen LogP contribution in [0.1, 0.15) is 16.8 Å². The minimum absolute atomic E-state index is 0.0776. The first-order valence-electron chi connectivity index (χ1n) is 6.69. The number of ether oxygens (including phenoxy) is 1. The van der Waals surface area contributed by atoms with Gasteiger partial charge < -0.3 is 9.64 Å². The number of methoxy groups -OCH3 is 1. The number of aromatic nitrogens is 3. The molecule has 0 aliphatic rings. The van der Waals surface area contributed by atoms with Gasteiger partial charge in [-0.3, -0.25) is 9.48 Å². The van der Waals surface area contributed by atoms with Crippen LogP contribution < -0.4 is 4.74 Å². The molecular weight excluding hydrogens is 288 g/mol. The fourth-order valence-electron chi connectivity index (χ4n) is 2.20. The van der Waals surface area contributed by atoms with Crippen molar-refractivity contribution in [3.63, 3.8) is 0 Å². The van der Waals surface area contributed by atoms with Gasteiger partial charge in [-0.2, -0.15) is 16.9 Å². The average Bonchev–Trinajstić information content (AvgIpc) is 2.87. The molecule has 0 aliphatic carbocycles. The smallest absolute Gasteiger partial charge is 0.258 e. The normalized spacial score (nSPS) is 10.9. The zero-order valence-corrected chi connectivity index (χ0v) is 13.6. The Kier molecular flexibility index (Phi) is 5.06. The summed E-state index contributed by atoms with van der Waals surface area (Å²) in [6, 6.07) is 0. The van der Waals surface area contributed by atoms with Crippen LogP contribution >= 0.6 is 11.8 Å². The van der Waals surface area contributed by atoms with Crippen LogP contribution in [0.3, 0.4) is 0 Å². The third-order valence-electron chi connectivity index (χ3n) is 3.34. The standard InChI is InChI=1S/C14H20N4O2S/c1-17(6-5-7-21-4)14(19)11-8-15-13-10(12(11)20-3)9-16-18(13)2/h8-9H,5-7H2,1-4H3. The Morgan fingerprint density at radius 1 is 1.48 bits per heavy atom. The molecule has 1 amide bonds. The Labute approximate surface area is 128 Å².